The van der Waals surface area contributed by atoms with Crippen molar-refractivity contribution in [1.82, 2.24) is 4.90 Å². The van der Waals surface area contributed by atoms with E-state index in [2.05, 4.69) is 22.3 Å². The number of rotatable bonds is 7. The first kappa shape index (κ1) is 22.9. The number of likely N-dealkylation sites (tertiary alicyclic amines) is 1. The van der Waals surface area contributed by atoms with E-state index in [-0.39, 0.29) is 11.6 Å². The van der Waals surface area contributed by atoms with Crippen molar-refractivity contribution < 1.29 is 9.72 Å². The van der Waals surface area contributed by atoms with Gasteiger partial charge in [-0.25, -0.2) is 0 Å². The lowest BCUT2D eigenvalue weighted by molar-refractivity contribution is -0.384. The summed E-state index contributed by atoms with van der Waals surface area (Å²) in [4.78, 5) is 31.4. The number of amides is 1. The summed E-state index contributed by atoms with van der Waals surface area (Å²) < 4.78 is 0. The molecule has 0 aliphatic carbocycles. The average Bonchev–Trinajstić information content (AvgIpc) is 3.50. The van der Waals surface area contributed by atoms with Crippen LogP contribution in [0.3, 0.4) is 0 Å². The Morgan fingerprint density at radius 1 is 1.03 bits per heavy atom. The molecular formula is C27H27N5O3. The lowest BCUT2D eigenvalue weighted by atomic mass is 9.90. The second-order valence-electron chi connectivity index (χ2n) is 9.00. The molecule has 35 heavy (non-hydrogen) atoms. The van der Waals surface area contributed by atoms with Crippen LogP contribution in [0.2, 0.25) is 0 Å². The van der Waals surface area contributed by atoms with Gasteiger partial charge in [-0.2, -0.15) is 0 Å². The first-order valence-corrected chi connectivity index (χ1v) is 11.8. The van der Waals surface area contributed by atoms with Gasteiger partial charge >= 0.3 is 0 Å². The summed E-state index contributed by atoms with van der Waals surface area (Å²) in [7, 11) is 0. The first-order chi connectivity index (χ1) is 17.0. The van der Waals surface area contributed by atoms with Gasteiger partial charge in [-0.3, -0.25) is 24.8 Å². The molecule has 1 amide bonds. The summed E-state index contributed by atoms with van der Waals surface area (Å²) in [6.45, 7) is 3.58. The van der Waals surface area contributed by atoms with Crippen LogP contribution in [0.5, 0.6) is 0 Å². The van der Waals surface area contributed by atoms with E-state index in [0.717, 1.165) is 36.4 Å². The zero-order valence-corrected chi connectivity index (χ0v) is 19.3. The van der Waals surface area contributed by atoms with Crippen LogP contribution >= 0.6 is 0 Å². The zero-order valence-electron chi connectivity index (χ0n) is 19.3. The number of carbonyl (C=O) groups excluding carboxylic acids is 1. The van der Waals surface area contributed by atoms with Crippen molar-refractivity contribution in [2.45, 2.75) is 31.8 Å². The van der Waals surface area contributed by atoms with Crippen LogP contribution in [0.4, 0.5) is 17.1 Å². The Balaban J connectivity index is 1.54. The molecule has 0 bridgehead atoms. The molecule has 2 aliphatic heterocycles. The van der Waals surface area contributed by atoms with Gasteiger partial charge in [-0.1, -0.05) is 36.4 Å². The maximum Gasteiger partial charge on any atom is 0.269 e. The largest absolute Gasteiger partial charge is 0.326 e. The fourth-order valence-electron chi connectivity index (χ4n) is 4.76. The predicted molar refractivity (Wildman–Crippen MR) is 136 cm³/mol. The second-order valence-corrected chi connectivity index (χ2v) is 9.00. The van der Waals surface area contributed by atoms with Gasteiger partial charge in [-0.15, -0.1) is 0 Å². The van der Waals surface area contributed by atoms with Gasteiger partial charge < -0.3 is 11.1 Å². The molecule has 5 rings (SSSR count). The van der Waals surface area contributed by atoms with Crippen molar-refractivity contribution in [1.29, 1.82) is 0 Å². The van der Waals surface area contributed by atoms with Crippen LogP contribution in [-0.4, -0.2) is 34.5 Å². The number of nitrogens with zero attached hydrogens (tertiary/aromatic N) is 3. The minimum atomic E-state index is -0.766. The molecule has 0 saturated carbocycles. The Labute approximate surface area is 203 Å². The van der Waals surface area contributed by atoms with Gasteiger partial charge in [0.25, 0.3) is 5.69 Å². The summed E-state index contributed by atoms with van der Waals surface area (Å²) in [6.07, 6.45) is 2.50. The number of hydrogen-bond donors (Lipinski definition) is 2. The average molecular weight is 470 g/mol. The van der Waals surface area contributed by atoms with Gasteiger partial charge in [0.05, 0.1) is 16.3 Å². The molecule has 2 aliphatic rings. The normalized spacial score (nSPS) is 17.9. The standard InChI is InChI=1S/C27H27N5O3/c28-16-18-3-7-20(8-4-18)26(25-23-15-22(32(34)35)11-12-24(23)30-27(25)33)29-21-9-5-19(6-10-21)17-31-13-1-2-14-31/h3-12,15,25H,1-2,13-14,16-17,28H2,(H,30,33). The van der Waals surface area contributed by atoms with Gasteiger partial charge in [0.1, 0.15) is 5.92 Å². The minimum Gasteiger partial charge on any atom is -0.326 e. The van der Waals surface area contributed by atoms with Crippen molar-refractivity contribution in [3.8, 4) is 0 Å². The summed E-state index contributed by atoms with van der Waals surface area (Å²) in [6, 6.07) is 20.1. The monoisotopic (exact) mass is 469 g/mol. The molecule has 0 radical (unpaired) electrons. The van der Waals surface area contributed by atoms with Crippen LogP contribution in [0.25, 0.3) is 0 Å². The fraction of sp³-hybridized carbons (Fsp3) is 0.259. The number of nitro groups is 1. The Bertz CT molecular complexity index is 1280. The molecule has 1 saturated heterocycles. The molecule has 1 atom stereocenters. The topological polar surface area (TPSA) is 114 Å². The Morgan fingerprint density at radius 2 is 1.71 bits per heavy atom. The Hall–Kier alpha value is -3.88. The third kappa shape index (κ3) is 4.84. The molecule has 0 aromatic heterocycles. The fourth-order valence-corrected chi connectivity index (χ4v) is 4.76. The minimum absolute atomic E-state index is 0.0608. The third-order valence-corrected chi connectivity index (χ3v) is 6.63. The highest BCUT2D eigenvalue weighted by molar-refractivity contribution is 6.24. The van der Waals surface area contributed by atoms with Gasteiger partial charge in [0, 0.05) is 36.5 Å². The molecule has 3 aromatic carbocycles. The van der Waals surface area contributed by atoms with E-state index in [0.29, 0.717) is 23.5 Å². The van der Waals surface area contributed by atoms with Crippen molar-refractivity contribution >= 4 is 28.7 Å². The molecule has 178 valence electrons. The summed E-state index contributed by atoms with van der Waals surface area (Å²) in [5.41, 5.74) is 11.0. The number of nitro benzene ring substituents is 1. The SMILES string of the molecule is NCc1ccc(C(=Nc2ccc(CN3CCCC3)cc2)C2C(=O)Nc3ccc([N+](=O)[O-])cc32)cc1. The molecular weight excluding hydrogens is 442 g/mol. The maximum absolute atomic E-state index is 13.1. The van der Waals surface area contributed by atoms with Gasteiger partial charge in [0.2, 0.25) is 5.91 Å². The van der Waals surface area contributed by atoms with Gasteiger partial charge in [0.15, 0.2) is 0 Å². The quantitative estimate of drug-likeness (QED) is 0.300. The molecule has 1 unspecified atom stereocenters. The number of non-ortho nitro benzene ring substituents is 1. The van der Waals surface area contributed by atoms with Crippen molar-refractivity contribution in [3.63, 3.8) is 0 Å². The number of carbonyl (C=O) groups is 1. The van der Waals surface area contributed by atoms with Crippen LogP contribution in [0.1, 0.15) is 41.0 Å². The molecule has 3 aromatic rings. The number of hydrogen-bond acceptors (Lipinski definition) is 6. The van der Waals surface area contributed by atoms with E-state index in [1.165, 1.54) is 30.5 Å². The van der Waals surface area contributed by atoms with Crippen LogP contribution in [0.15, 0.2) is 71.7 Å². The van der Waals surface area contributed by atoms with E-state index >= 15 is 0 Å². The molecule has 8 heteroatoms. The predicted octanol–water partition coefficient (Wildman–Crippen LogP) is 4.51. The van der Waals surface area contributed by atoms with Crippen molar-refractivity contribution in [3.05, 3.63) is 99.1 Å². The molecule has 0 spiro atoms. The van der Waals surface area contributed by atoms with Gasteiger partial charge in [-0.05, 0) is 60.8 Å². The molecule has 8 nitrogen and oxygen atoms in total. The lowest BCUT2D eigenvalue weighted by Gasteiger charge is -2.16. The maximum atomic E-state index is 13.1. The van der Waals surface area contributed by atoms with E-state index in [1.54, 1.807) is 6.07 Å². The highest BCUT2D eigenvalue weighted by Gasteiger charge is 2.36. The van der Waals surface area contributed by atoms with Crippen LogP contribution in [0, 0.1) is 10.1 Å². The lowest BCUT2D eigenvalue weighted by Crippen LogP contribution is -2.22. The van der Waals surface area contributed by atoms with Crippen LogP contribution < -0.4 is 11.1 Å². The van der Waals surface area contributed by atoms with Crippen molar-refractivity contribution in [2.24, 2.45) is 10.7 Å². The smallest absolute Gasteiger partial charge is 0.269 e. The van der Waals surface area contributed by atoms with E-state index in [1.807, 2.05) is 36.4 Å². The Kier molecular flexibility index (Phi) is 6.39. The Morgan fingerprint density at radius 3 is 2.37 bits per heavy atom. The van der Waals surface area contributed by atoms with E-state index in [4.69, 9.17) is 10.7 Å². The van der Waals surface area contributed by atoms with Crippen LogP contribution in [-0.2, 0) is 17.9 Å². The number of nitrogens with two attached hydrogens (primary N) is 1. The first-order valence-electron chi connectivity index (χ1n) is 11.8. The highest BCUT2D eigenvalue weighted by atomic mass is 16.6. The number of aliphatic imine (C=N–C) groups is 1. The molecule has 2 heterocycles. The number of nitrogens with one attached hydrogen (secondary N) is 1. The summed E-state index contributed by atoms with van der Waals surface area (Å²) in [5.74, 6) is -1.02. The number of benzene rings is 3. The second kappa shape index (κ2) is 9.77. The highest BCUT2D eigenvalue weighted by Crippen LogP contribution is 2.38. The number of anilines is 1. The molecule has 3 N–H and O–H groups in total. The zero-order chi connectivity index (χ0) is 24.4. The summed E-state index contributed by atoms with van der Waals surface area (Å²) in [5, 5.41) is 14.3. The third-order valence-electron chi connectivity index (χ3n) is 6.63. The number of fused-ring (bicyclic) bond motifs is 1. The summed E-state index contributed by atoms with van der Waals surface area (Å²) >= 11 is 0. The van der Waals surface area contributed by atoms with E-state index in [9.17, 15) is 14.9 Å². The molecule has 1 fully saturated rings. The van der Waals surface area contributed by atoms with Crippen molar-refractivity contribution in [2.75, 3.05) is 18.4 Å². The van der Waals surface area contributed by atoms with E-state index < -0.39 is 10.8 Å².